The average Bonchev–Trinajstić information content (AvgIpc) is 2.49. The van der Waals surface area contributed by atoms with Gasteiger partial charge in [-0.15, -0.1) is 0 Å². The predicted molar refractivity (Wildman–Crippen MR) is 78.0 cm³/mol. The molecule has 5 nitrogen and oxygen atoms in total. The molecule has 1 heterocycles. The summed E-state index contributed by atoms with van der Waals surface area (Å²) in [5.74, 6) is -0.212. The number of fused-ring (bicyclic) bond motifs is 1. The van der Waals surface area contributed by atoms with Crippen LogP contribution in [0.2, 0.25) is 5.02 Å². The molecule has 0 aliphatic heterocycles. The Hall–Kier alpha value is -2.66. The molecule has 2 aromatic carbocycles. The van der Waals surface area contributed by atoms with E-state index in [1.54, 1.807) is 30.3 Å². The zero-order chi connectivity index (χ0) is 14.8. The molecule has 0 amide bonds. The molecule has 0 saturated heterocycles. The maximum atomic E-state index is 11.0. The number of nitrogens with zero attached hydrogens (tertiary/aromatic N) is 2. The lowest BCUT2D eigenvalue weighted by Crippen LogP contribution is -1.97. The second kappa shape index (κ2) is 5.38. The van der Waals surface area contributed by atoms with Gasteiger partial charge < -0.3 is 9.84 Å². The molecule has 1 aromatic heterocycles. The molecule has 6 heteroatoms. The van der Waals surface area contributed by atoms with E-state index in [1.807, 2.05) is 0 Å². The first kappa shape index (κ1) is 13.3. The van der Waals surface area contributed by atoms with E-state index in [0.29, 0.717) is 27.6 Å². The van der Waals surface area contributed by atoms with Crippen molar-refractivity contribution in [1.82, 2.24) is 9.97 Å². The minimum Gasteiger partial charge on any atom is -0.478 e. The van der Waals surface area contributed by atoms with Gasteiger partial charge in [0.2, 0.25) is 5.88 Å². The molecule has 0 aliphatic carbocycles. The Morgan fingerprint density at radius 1 is 1.14 bits per heavy atom. The Balaban J connectivity index is 2.07. The van der Waals surface area contributed by atoms with E-state index in [-0.39, 0.29) is 5.56 Å². The van der Waals surface area contributed by atoms with Gasteiger partial charge in [-0.05, 0) is 30.3 Å². The van der Waals surface area contributed by atoms with Crippen molar-refractivity contribution in [3.63, 3.8) is 0 Å². The van der Waals surface area contributed by atoms with Crippen LogP contribution in [0.5, 0.6) is 11.6 Å². The van der Waals surface area contributed by atoms with Crippen LogP contribution >= 0.6 is 11.6 Å². The normalized spacial score (nSPS) is 10.5. The van der Waals surface area contributed by atoms with Gasteiger partial charge >= 0.3 is 5.97 Å². The monoisotopic (exact) mass is 300 g/mol. The Morgan fingerprint density at radius 3 is 2.71 bits per heavy atom. The van der Waals surface area contributed by atoms with E-state index in [2.05, 4.69) is 9.97 Å². The van der Waals surface area contributed by atoms with Crippen LogP contribution in [0.1, 0.15) is 10.4 Å². The van der Waals surface area contributed by atoms with Gasteiger partial charge in [-0.25, -0.2) is 14.8 Å². The van der Waals surface area contributed by atoms with Crippen LogP contribution in [-0.4, -0.2) is 21.0 Å². The zero-order valence-electron chi connectivity index (χ0n) is 10.7. The fraction of sp³-hybridized carbons (Fsp3) is 0. The number of carboxylic acids is 1. The third-order valence-corrected chi connectivity index (χ3v) is 3.20. The Bertz CT molecular complexity index is 836. The van der Waals surface area contributed by atoms with Crippen molar-refractivity contribution >= 4 is 28.5 Å². The standard InChI is InChI=1S/C15H9ClN2O3/c16-11-3-1-2-4-13(11)21-14-10-6-5-9(15(19)20)7-12(10)17-8-18-14/h1-8H,(H,19,20). The summed E-state index contributed by atoms with van der Waals surface area (Å²) in [5, 5.41) is 10.1. The van der Waals surface area contributed by atoms with E-state index >= 15 is 0 Å². The molecule has 0 radical (unpaired) electrons. The summed E-state index contributed by atoms with van der Waals surface area (Å²) >= 11 is 6.05. The van der Waals surface area contributed by atoms with Gasteiger partial charge in [0.15, 0.2) is 0 Å². The lowest BCUT2D eigenvalue weighted by molar-refractivity contribution is 0.0697. The molecule has 1 N–H and O–H groups in total. The fourth-order valence-electron chi connectivity index (χ4n) is 1.88. The zero-order valence-corrected chi connectivity index (χ0v) is 11.4. The van der Waals surface area contributed by atoms with Gasteiger partial charge in [0.25, 0.3) is 0 Å². The number of halogens is 1. The molecule has 3 aromatic rings. The number of aromatic nitrogens is 2. The molecule has 104 valence electrons. The van der Waals surface area contributed by atoms with Crippen molar-refractivity contribution in [3.8, 4) is 11.6 Å². The van der Waals surface area contributed by atoms with Gasteiger partial charge in [0, 0.05) is 0 Å². The summed E-state index contributed by atoms with van der Waals surface area (Å²) in [6.07, 6.45) is 1.32. The molecule has 0 fully saturated rings. The molecular weight excluding hydrogens is 292 g/mol. The van der Waals surface area contributed by atoms with Crippen molar-refractivity contribution in [2.45, 2.75) is 0 Å². The molecule has 0 saturated carbocycles. The number of rotatable bonds is 3. The molecule has 3 rings (SSSR count). The van der Waals surface area contributed by atoms with E-state index in [9.17, 15) is 4.79 Å². The number of benzene rings is 2. The Morgan fingerprint density at radius 2 is 1.95 bits per heavy atom. The van der Waals surface area contributed by atoms with E-state index in [1.165, 1.54) is 18.5 Å². The van der Waals surface area contributed by atoms with Crippen molar-refractivity contribution in [1.29, 1.82) is 0 Å². The lowest BCUT2D eigenvalue weighted by Gasteiger charge is -2.08. The van der Waals surface area contributed by atoms with Gasteiger partial charge in [-0.1, -0.05) is 23.7 Å². The number of hydrogen-bond acceptors (Lipinski definition) is 4. The number of para-hydroxylation sites is 1. The topological polar surface area (TPSA) is 72.3 Å². The molecule has 0 bridgehead atoms. The average molecular weight is 301 g/mol. The first-order valence-corrected chi connectivity index (χ1v) is 6.43. The lowest BCUT2D eigenvalue weighted by atomic mass is 10.1. The highest BCUT2D eigenvalue weighted by Crippen LogP contribution is 2.31. The summed E-state index contributed by atoms with van der Waals surface area (Å²) in [4.78, 5) is 19.1. The third kappa shape index (κ3) is 2.64. The van der Waals surface area contributed by atoms with Crippen LogP contribution in [0.25, 0.3) is 10.9 Å². The summed E-state index contributed by atoms with van der Waals surface area (Å²) in [5.41, 5.74) is 0.650. The third-order valence-electron chi connectivity index (χ3n) is 2.89. The molecule has 21 heavy (non-hydrogen) atoms. The van der Waals surface area contributed by atoms with Crippen LogP contribution in [0.4, 0.5) is 0 Å². The van der Waals surface area contributed by atoms with Gasteiger partial charge in [0.1, 0.15) is 12.1 Å². The molecule has 0 spiro atoms. The number of hydrogen-bond donors (Lipinski definition) is 1. The summed E-state index contributed by atoms with van der Waals surface area (Å²) in [7, 11) is 0. The van der Waals surface area contributed by atoms with E-state index in [4.69, 9.17) is 21.4 Å². The SMILES string of the molecule is O=C(O)c1ccc2c(Oc3ccccc3Cl)ncnc2c1. The number of ether oxygens (including phenoxy) is 1. The maximum Gasteiger partial charge on any atom is 0.335 e. The molecular formula is C15H9ClN2O3. The van der Waals surface area contributed by atoms with Gasteiger partial charge in [-0.3, -0.25) is 0 Å². The van der Waals surface area contributed by atoms with Gasteiger partial charge in [-0.2, -0.15) is 0 Å². The summed E-state index contributed by atoms with van der Waals surface area (Å²) < 4.78 is 5.69. The van der Waals surface area contributed by atoms with Gasteiger partial charge in [0.05, 0.1) is 21.5 Å². The van der Waals surface area contributed by atoms with Crippen LogP contribution in [-0.2, 0) is 0 Å². The highest BCUT2D eigenvalue weighted by atomic mass is 35.5. The quantitative estimate of drug-likeness (QED) is 0.797. The van der Waals surface area contributed by atoms with Crippen molar-refractivity contribution in [2.24, 2.45) is 0 Å². The molecule has 0 atom stereocenters. The maximum absolute atomic E-state index is 11.0. The first-order chi connectivity index (χ1) is 10.1. The van der Waals surface area contributed by atoms with Crippen LogP contribution in [0.15, 0.2) is 48.8 Å². The van der Waals surface area contributed by atoms with Crippen LogP contribution in [0.3, 0.4) is 0 Å². The second-order valence-corrected chi connectivity index (χ2v) is 4.66. The number of carbonyl (C=O) groups is 1. The Kier molecular flexibility index (Phi) is 3.41. The highest BCUT2D eigenvalue weighted by Gasteiger charge is 2.11. The predicted octanol–water partition coefficient (Wildman–Crippen LogP) is 3.77. The molecule has 0 unspecified atom stereocenters. The van der Waals surface area contributed by atoms with Crippen molar-refractivity contribution in [3.05, 3.63) is 59.4 Å². The van der Waals surface area contributed by atoms with Crippen LogP contribution < -0.4 is 4.74 Å². The largest absolute Gasteiger partial charge is 0.478 e. The number of aromatic carboxylic acids is 1. The van der Waals surface area contributed by atoms with Crippen molar-refractivity contribution in [2.75, 3.05) is 0 Å². The molecule has 0 aliphatic rings. The van der Waals surface area contributed by atoms with Crippen molar-refractivity contribution < 1.29 is 14.6 Å². The first-order valence-electron chi connectivity index (χ1n) is 6.05. The van der Waals surface area contributed by atoms with E-state index in [0.717, 1.165) is 0 Å². The van der Waals surface area contributed by atoms with E-state index < -0.39 is 5.97 Å². The van der Waals surface area contributed by atoms with Crippen LogP contribution in [0, 0.1) is 0 Å². The summed E-state index contributed by atoms with van der Waals surface area (Å²) in [6, 6.07) is 11.6. The highest BCUT2D eigenvalue weighted by molar-refractivity contribution is 6.32. The minimum absolute atomic E-state index is 0.157. The number of carboxylic acid groups (broad SMARTS) is 1. The second-order valence-electron chi connectivity index (χ2n) is 4.25. The Labute approximate surface area is 124 Å². The fourth-order valence-corrected chi connectivity index (χ4v) is 2.05. The smallest absolute Gasteiger partial charge is 0.335 e. The minimum atomic E-state index is -1.01. The summed E-state index contributed by atoms with van der Waals surface area (Å²) in [6.45, 7) is 0.